The molecule has 4 N–H and O–H groups in total. The molecule has 0 saturated carbocycles. The number of nitrogens with zero attached hydrogens (tertiary/aromatic N) is 1. The summed E-state index contributed by atoms with van der Waals surface area (Å²) < 4.78 is 13.8. The molecule has 1 aromatic rings. The highest BCUT2D eigenvalue weighted by molar-refractivity contribution is 5.91. The van der Waals surface area contributed by atoms with E-state index < -0.39 is 35.6 Å². The van der Waals surface area contributed by atoms with Gasteiger partial charge in [-0.25, -0.2) is 4.39 Å². The molecular weight excluding hydrogens is 339 g/mol. The van der Waals surface area contributed by atoms with Gasteiger partial charge in [0.05, 0.1) is 6.07 Å². The first-order chi connectivity index (χ1) is 12.3. The molecule has 1 rings (SSSR count). The van der Waals surface area contributed by atoms with Crippen LogP contribution in [0, 0.1) is 17.1 Å². The van der Waals surface area contributed by atoms with Crippen molar-refractivity contribution in [1.29, 1.82) is 5.26 Å². The number of halogens is 1. The molecule has 3 amide bonds. The highest BCUT2D eigenvalue weighted by atomic mass is 19.1. The van der Waals surface area contributed by atoms with Crippen LogP contribution in [-0.2, 0) is 20.8 Å². The van der Waals surface area contributed by atoms with E-state index in [1.165, 1.54) is 25.1 Å². The van der Waals surface area contributed by atoms with Crippen LogP contribution >= 0.6 is 0 Å². The number of nitriles is 1. The molecule has 2 atom stereocenters. The van der Waals surface area contributed by atoms with Gasteiger partial charge in [-0.2, -0.15) is 5.26 Å². The molecule has 0 saturated heterocycles. The Labute approximate surface area is 151 Å². The van der Waals surface area contributed by atoms with Crippen molar-refractivity contribution in [3.63, 3.8) is 0 Å². The third kappa shape index (κ3) is 7.30. The Morgan fingerprint density at radius 3 is 2.46 bits per heavy atom. The molecule has 1 aromatic carbocycles. The lowest BCUT2D eigenvalue weighted by Crippen LogP contribution is -2.53. The minimum atomic E-state index is -1.04. The van der Waals surface area contributed by atoms with E-state index in [4.69, 9.17) is 11.0 Å². The van der Waals surface area contributed by atoms with Gasteiger partial charge in [0.25, 0.3) is 0 Å². The van der Waals surface area contributed by atoms with Crippen LogP contribution in [-0.4, -0.2) is 29.8 Å². The molecule has 8 heteroatoms. The fraction of sp³-hybridized carbons (Fsp3) is 0.444. The van der Waals surface area contributed by atoms with E-state index in [9.17, 15) is 18.8 Å². The summed E-state index contributed by atoms with van der Waals surface area (Å²) in [6, 6.07) is 5.98. The fourth-order valence-electron chi connectivity index (χ4n) is 2.45. The first-order valence-corrected chi connectivity index (χ1v) is 8.32. The number of unbranched alkanes of at least 4 members (excludes halogenated alkanes) is 2. The first-order valence-electron chi connectivity index (χ1n) is 8.32. The van der Waals surface area contributed by atoms with Crippen molar-refractivity contribution in [3.05, 3.63) is 35.6 Å². The molecule has 0 bridgehead atoms. The number of benzene rings is 1. The van der Waals surface area contributed by atoms with Crippen LogP contribution in [0.4, 0.5) is 4.39 Å². The maximum Gasteiger partial charge on any atom is 0.243 e. The summed E-state index contributed by atoms with van der Waals surface area (Å²) in [7, 11) is 0. The molecule has 0 aliphatic heterocycles. The number of rotatable bonds is 10. The summed E-state index contributed by atoms with van der Waals surface area (Å²) >= 11 is 0. The van der Waals surface area contributed by atoms with Crippen LogP contribution in [0.2, 0.25) is 0 Å². The van der Waals surface area contributed by atoms with Gasteiger partial charge < -0.3 is 16.4 Å². The summed E-state index contributed by atoms with van der Waals surface area (Å²) in [6.07, 6.45) is 1.70. The zero-order valence-electron chi connectivity index (χ0n) is 14.6. The summed E-state index contributed by atoms with van der Waals surface area (Å²) in [5.74, 6) is -2.26. The van der Waals surface area contributed by atoms with Crippen LogP contribution in [0.5, 0.6) is 0 Å². The third-order valence-corrected chi connectivity index (χ3v) is 3.77. The molecule has 0 radical (unpaired) electrons. The number of amides is 3. The lowest BCUT2D eigenvalue weighted by atomic mass is 10.0. The molecule has 0 unspecified atom stereocenters. The Bertz CT molecular complexity index is 687. The van der Waals surface area contributed by atoms with Gasteiger partial charge in [0.15, 0.2) is 0 Å². The lowest BCUT2D eigenvalue weighted by molar-refractivity contribution is -0.131. The van der Waals surface area contributed by atoms with E-state index in [2.05, 4.69) is 10.6 Å². The summed E-state index contributed by atoms with van der Waals surface area (Å²) in [5.41, 5.74) is 5.58. The smallest absolute Gasteiger partial charge is 0.243 e. The van der Waals surface area contributed by atoms with E-state index in [1.807, 2.05) is 6.07 Å². The van der Waals surface area contributed by atoms with E-state index >= 15 is 0 Å². The van der Waals surface area contributed by atoms with Gasteiger partial charge in [0.2, 0.25) is 17.7 Å². The number of nitrogens with two attached hydrogens (primary N) is 1. The van der Waals surface area contributed by atoms with E-state index in [0.717, 1.165) is 0 Å². The van der Waals surface area contributed by atoms with Gasteiger partial charge in [0, 0.05) is 19.8 Å². The molecule has 0 aliphatic carbocycles. The van der Waals surface area contributed by atoms with Crippen molar-refractivity contribution >= 4 is 17.7 Å². The SMILES string of the molecule is CC(=O)N[C@@H](Cc1ccccc1F)C(=O)N[C@@H](CCCCC#N)C(N)=O. The minimum Gasteiger partial charge on any atom is -0.368 e. The average molecular weight is 362 g/mol. The Hall–Kier alpha value is -2.95. The second-order valence-electron chi connectivity index (χ2n) is 5.92. The van der Waals surface area contributed by atoms with Crippen molar-refractivity contribution in [3.8, 4) is 6.07 Å². The van der Waals surface area contributed by atoms with Crippen LogP contribution in [0.15, 0.2) is 24.3 Å². The molecule has 0 spiro atoms. The lowest BCUT2D eigenvalue weighted by Gasteiger charge is -2.21. The van der Waals surface area contributed by atoms with Crippen LogP contribution in [0.1, 0.15) is 38.2 Å². The quantitative estimate of drug-likeness (QED) is 0.535. The number of hydrogen-bond acceptors (Lipinski definition) is 4. The second-order valence-corrected chi connectivity index (χ2v) is 5.92. The molecule has 140 valence electrons. The normalized spacial score (nSPS) is 12.5. The summed E-state index contributed by atoms with van der Waals surface area (Å²) in [5, 5.41) is 13.5. The van der Waals surface area contributed by atoms with Crippen LogP contribution in [0.25, 0.3) is 0 Å². The van der Waals surface area contributed by atoms with E-state index in [-0.39, 0.29) is 18.4 Å². The maximum absolute atomic E-state index is 13.8. The fourth-order valence-corrected chi connectivity index (χ4v) is 2.45. The molecule has 0 fully saturated rings. The van der Waals surface area contributed by atoms with Gasteiger partial charge in [-0.3, -0.25) is 14.4 Å². The van der Waals surface area contributed by atoms with E-state index in [1.54, 1.807) is 6.07 Å². The highest BCUT2D eigenvalue weighted by Gasteiger charge is 2.25. The van der Waals surface area contributed by atoms with Crippen LogP contribution in [0.3, 0.4) is 0 Å². The molecular formula is C18H23FN4O3. The number of primary amides is 1. The Morgan fingerprint density at radius 1 is 1.19 bits per heavy atom. The number of nitrogens with one attached hydrogen (secondary N) is 2. The van der Waals surface area contributed by atoms with Crippen LogP contribution < -0.4 is 16.4 Å². The number of carbonyl (C=O) groups excluding carboxylic acids is 3. The van der Waals surface area contributed by atoms with Gasteiger partial charge in [-0.05, 0) is 30.9 Å². The van der Waals surface area contributed by atoms with Gasteiger partial charge in [-0.15, -0.1) is 0 Å². The third-order valence-electron chi connectivity index (χ3n) is 3.77. The van der Waals surface area contributed by atoms with Crippen molar-refractivity contribution in [2.75, 3.05) is 0 Å². The Morgan fingerprint density at radius 2 is 1.88 bits per heavy atom. The van der Waals surface area contributed by atoms with Gasteiger partial charge in [-0.1, -0.05) is 18.2 Å². The van der Waals surface area contributed by atoms with Crippen molar-refractivity contribution < 1.29 is 18.8 Å². The highest BCUT2D eigenvalue weighted by Crippen LogP contribution is 2.10. The topological polar surface area (TPSA) is 125 Å². The van der Waals surface area contributed by atoms with E-state index in [0.29, 0.717) is 19.3 Å². The Balaban J connectivity index is 2.80. The molecule has 26 heavy (non-hydrogen) atoms. The molecule has 7 nitrogen and oxygen atoms in total. The monoisotopic (exact) mass is 362 g/mol. The van der Waals surface area contributed by atoms with Gasteiger partial charge in [0.1, 0.15) is 17.9 Å². The summed E-state index contributed by atoms with van der Waals surface area (Å²) in [4.78, 5) is 35.4. The number of carbonyl (C=O) groups is 3. The summed E-state index contributed by atoms with van der Waals surface area (Å²) in [6.45, 7) is 1.25. The first kappa shape index (κ1) is 21.1. The predicted molar refractivity (Wildman–Crippen MR) is 92.9 cm³/mol. The van der Waals surface area contributed by atoms with Crippen molar-refractivity contribution in [2.45, 2.75) is 51.1 Å². The zero-order valence-corrected chi connectivity index (χ0v) is 14.6. The molecule has 0 heterocycles. The second kappa shape index (κ2) is 10.8. The molecule has 0 aromatic heterocycles. The van der Waals surface area contributed by atoms with Crippen molar-refractivity contribution in [2.24, 2.45) is 5.73 Å². The maximum atomic E-state index is 13.8. The predicted octanol–water partition coefficient (Wildman–Crippen LogP) is 0.927. The molecule has 0 aliphatic rings. The Kier molecular flexibility index (Phi) is 8.78. The number of hydrogen-bond donors (Lipinski definition) is 3. The minimum absolute atomic E-state index is 0.0575. The average Bonchev–Trinajstić information content (AvgIpc) is 2.58. The van der Waals surface area contributed by atoms with Crippen molar-refractivity contribution in [1.82, 2.24) is 10.6 Å². The largest absolute Gasteiger partial charge is 0.368 e. The van der Waals surface area contributed by atoms with Gasteiger partial charge >= 0.3 is 0 Å². The zero-order chi connectivity index (χ0) is 19.5. The standard InChI is InChI=1S/C18H23FN4O3/c1-12(24)22-16(11-13-7-4-5-8-14(13)19)18(26)23-15(17(21)25)9-3-2-6-10-20/h4-5,7-8,15-16H,2-3,6,9,11H2,1H3,(H2,21,25)(H,22,24)(H,23,26)/t15-,16-/m0/s1.